The molecule has 0 saturated carbocycles. The average molecular weight is 407 g/mol. The van der Waals surface area contributed by atoms with Crippen LogP contribution in [-0.4, -0.2) is 35.7 Å². The van der Waals surface area contributed by atoms with Gasteiger partial charge in [0.15, 0.2) is 0 Å². The van der Waals surface area contributed by atoms with Gasteiger partial charge < -0.3 is 4.90 Å². The van der Waals surface area contributed by atoms with Crippen LogP contribution in [0.5, 0.6) is 0 Å². The Bertz CT molecular complexity index is 46.9. The largest absolute Gasteiger partial charge is 0.305 e. The molecule has 0 atom stereocenters. The first-order valence-electron chi connectivity index (χ1n) is 2.61. The first-order valence-corrected chi connectivity index (χ1v) is 4.86. The molecule has 1 nitrogen and oxygen atoms in total. The SMILES string of the molecule is Br.Br.CN(CCBr)CCBr. The molecule has 0 aliphatic heterocycles. The van der Waals surface area contributed by atoms with Gasteiger partial charge in [0.1, 0.15) is 0 Å². The highest BCUT2D eigenvalue weighted by atomic mass is 79.9. The van der Waals surface area contributed by atoms with Gasteiger partial charge in [-0.15, -0.1) is 34.0 Å². The van der Waals surface area contributed by atoms with E-state index < -0.39 is 0 Å². The number of halogens is 4. The van der Waals surface area contributed by atoms with Gasteiger partial charge in [0.25, 0.3) is 0 Å². The van der Waals surface area contributed by atoms with E-state index in [0.717, 1.165) is 23.7 Å². The maximum Gasteiger partial charge on any atom is 0.0159 e. The zero-order valence-electron chi connectivity index (χ0n) is 5.85. The maximum absolute atomic E-state index is 3.36. The van der Waals surface area contributed by atoms with Crippen molar-refractivity contribution in [1.29, 1.82) is 0 Å². The molecule has 10 heavy (non-hydrogen) atoms. The van der Waals surface area contributed by atoms with Crippen LogP contribution in [0.15, 0.2) is 0 Å². The molecule has 0 heterocycles. The number of alkyl halides is 2. The van der Waals surface area contributed by atoms with E-state index in [1.807, 2.05) is 0 Å². The summed E-state index contributed by atoms with van der Waals surface area (Å²) in [5.74, 6) is 0. The Balaban J connectivity index is -0.000000245. The third kappa shape index (κ3) is 12.5. The van der Waals surface area contributed by atoms with Crippen LogP contribution in [0.2, 0.25) is 0 Å². The van der Waals surface area contributed by atoms with Crippen LogP contribution in [0.3, 0.4) is 0 Å². The monoisotopic (exact) mass is 403 g/mol. The Labute approximate surface area is 101 Å². The molecule has 0 N–H and O–H groups in total. The van der Waals surface area contributed by atoms with Gasteiger partial charge in [0.05, 0.1) is 0 Å². The van der Waals surface area contributed by atoms with Gasteiger partial charge in [-0.05, 0) is 7.05 Å². The maximum atomic E-state index is 3.36. The van der Waals surface area contributed by atoms with Crippen molar-refractivity contribution < 1.29 is 0 Å². The summed E-state index contributed by atoms with van der Waals surface area (Å²) in [6, 6.07) is 0. The predicted molar refractivity (Wildman–Crippen MR) is 65.7 cm³/mol. The molecule has 0 radical (unpaired) electrons. The highest BCUT2D eigenvalue weighted by Gasteiger charge is 1.91. The second-order valence-corrected chi connectivity index (χ2v) is 3.27. The summed E-state index contributed by atoms with van der Waals surface area (Å²) < 4.78 is 0. The van der Waals surface area contributed by atoms with Gasteiger partial charge in [-0.25, -0.2) is 0 Å². The van der Waals surface area contributed by atoms with Crippen molar-refractivity contribution in [2.24, 2.45) is 0 Å². The summed E-state index contributed by atoms with van der Waals surface area (Å²) in [5.41, 5.74) is 0. The van der Waals surface area contributed by atoms with Crippen molar-refractivity contribution >= 4 is 65.8 Å². The van der Waals surface area contributed by atoms with Crippen LogP contribution in [0, 0.1) is 0 Å². The molecule has 0 spiro atoms. The molecule has 0 aromatic carbocycles. The number of nitrogens with zero attached hydrogens (tertiary/aromatic N) is 1. The van der Waals surface area contributed by atoms with Gasteiger partial charge in [-0.1, -0.05) is 31.9 Å². The quantitative estimate of drug-likeness (QED) is 0.649. The zero-order valence-corrected chi connectivity index (χ0v) is 12.4. The van der Waals surface area contributed by atoms with Crippen LogP contribution in [0.4, 0.5) is 0 Å². The molecule has 0 fully saturated rings. The number of hydrogen-bond acceptors (Lipinski definition) is 1. The molecular formula is C5H13Br4N. The normalized spacial score (nSPS) is 8.40. The molecule has 0 saturated heterocycles. The van der Waals surface area contributed by atoms with Gasteiger partial charge >= 0.3 is 0 Å². The van der Waals surface area contributed by atoms with Gasteiger partial charge in [0, 0.05) is 23.7 Å². The lowest BCUT2D eigenvalue weighted by molar-refractivity contribution is 0.382. The van der Waals surface area contributed by atoms with Crippen molar-refractivity contribution in [3.05, 3.63) is 0 Å². The molecule has 0 aromatic heterocycles. The molecule has 0 amide bonds. The molecule has 0 aliphatic rings. The lowest BCUT2D eigenvalue weighted by atomic mass is 10.6. The molecule has 5 heteroatoms. The van der Waals surface area contributed by atoms with Crippen LogP contribution < -0.4 is 0 Å². The fourth-order valence-electron chi connectivity index (χ4n) is 0.400. The van der Waals surface area contributed by atoms with E-state index >= 15 is 0 Å². The van der Waals surface area contributed by atoms with E-state index in [-0.39, 0.29) is 34.0 Å². The van der Waals surface area contributed by atoms with Gasteiger partial charge in [0.2, 0.25) is 0 Å². The van der Waals surface area contributed by atoms with Crippen LogP contribution in [0.25, 0.3) is 0 Å². The first kappa shape index (κ1) is 17.8. The van der Waals surface area contributed by atoms with Crippen LogP contribution >= 0.6 is 65.8 Å². The summed E-state index contributed by atoms with van der Waals surface area (Å²) in [4.78, 5) is 2.27. The minimum atomic E-state index is 0. The van der Waals surface area contributed by atoms with E-state index in [9.17, 15) is 0 Å². The fourth-order valence-corrected chi connectivity index (χ4v) is 1.61. The Kier molecular flexibility index (Phi) is 24.0. The lowest BCUT2D eigenvalue weighted by Gasteiger charge is -2.11. The Morgan fingerprint density at radius 3 is 1.50 bits per heavy atom. The smallest absolute Gasteiger partial charge is 0.0159 e. The van der Waals surface area contributed by atoms with Crippen molar-refractivity contribution in [1.82, 2.24) is 4.90 Å². The topological polar surface area (TPSA) is 3.24 Å². The summed E-state index contributed by atoms with van der Waals surface area (Å²) in [6.07, 6.45) is 0. The van der Waals surface area contributed by atoms with Crippen molar-refractivity contribution in [3.8, 4) is 0 Å². The van der Waals surface area contributed by atoms with Crippen molar-refractivity contribution in [2.45, 2.75) is 0 Å². The standard InChI is InChI=1S/C5H11Br2N.2BrH/c1-8(4-2-6)5-3-7;;/h2-5H2,1H3;2*1H. The zero-order chi connectivity index (χ0) is 6.41. The fraction of sp³-hybridized carbons (Fsp3) is 1.00. The van der Waals surface area contributed by atoms with Crippen molar-refractivity contribution in [2.75, 3.05) is 30.8 Å². The summed E-state index contributed by atoms with van der Waals surface area (Å²) in [5, 5.41) is 2.13. The van der Waals surface area contributed by atoms with Gasteiger partial charge in [-0.2, -0.15) is 0 Å². The molecule has 0 rings (SSSR count). The minimum absolute atomic E-state index is 0. The third-order valence-corrected chi connectivity index (χ3v) is 1.64. The first-order chi connectivity index (χ1) is 3.81. The molecule has 0 aromatic rings. The lowest BCUT2D eigenvalue weighted by Crippen LogP contribution is -2.22. The Hall–Kier alpha value is 1.88. The number of hydrogen-bond donors (Lipinski definition) is 0. The van der Waals surface area contributed by atoms with Crippen LogP contribution in [0.1, 0.15) is 0 Å². The van der Waals surface area contributed by atoms with E-state index in [1.54, 1.807) is 0 Å². The second-order valence-electron chi connectivity index (χ2n) is 1.68. The highest BCUT2D eigenvalue weighted by Crippen LogP contribution is 1.88. The second kappa shape index (κ2) is 13.5. The number of rotatable bonds is 4. The summed E-state index contributed by atoms with van der Waals surface area (Å²) in [7, 11) is 2.11. The van der Waals surface area contributed by atoms with E-state index in [1.165, 1.54) is 0 Å². The Morgan fingerprint density at radius 1 is 1.00 bits per heavy atom. The van der Waals surface area contributed by atoms with Crippen molar-refractivity contribution in [3.63, 3.8) is 0 Å². The van der Waals surface area contributed by atoms with E-state index in [2.05, 4.69) is 43.8 Å². The van der Waals surface area contributed by atoms with Gasteiger partial charge in [-0.3, -0.25) is 0 Å². The highest BCUT2D eigenvalue weighted by molar-refractivity contribution is 9.09. The van der Waals surface area contributed by atoms with E-state index in [0.29, 0.717) is 0 Å². The van der Waals surface area contributed by atoms with E-state index in [4.69, 9.17) is 0 Å². The summed E-state index contributed by atoms with van der Waals surface area (Å²) in [6.45, 7) is 2.26. The molecule has 0 aliphatic carbocycles. The molecule has 66 valence electrons. The van der Waals surface area contributed by atoms with Crippen LogP contribution in [-0.2, 0) is 0 Å². The molecule has 0 bridgehead atoms. The minimum Gasteiger partial charge on any atom is -0.305 e. The third-order valence-electron chi connectivity index (χ3n) is 0.932. The Morgan fingerprint density at radius 2 is 1.30 bits per heavy atom. The molecular weight excluding hydrogens is 394 g/mol. The average Bonchev–Trinajstić information content (AvgIpc) is 1.68. The summed E-state index contributed by atoms with van der Waals surface area (Å²) >= 11 is 6.73. The molecule has 0 unspecified atom stereocenters. The predicted octanol–water partition coefficient (Wildman–Crippen LogP) is 2.86.